The molecule has 0 spiro atoms. The van der Waals surface area contributed by atoms with Crippen molar-refractivity contribution in [3.63, 3.8) is 0 Å². The van der Waals surface area contributed by atoms with Crippen molar-refractivity contribution in [1.29, 1.82) is 0 Å². The Morgan fingerprint density at radius 2 is 2.36 bits per heavy atom. The van der Waals surface area contributed by atoms with Crippen LogP contribution in [0.4, 0.5) is 4.79 Å². The molecule has 0 aliphatic carbocycles. The van der Waals surface area contributed by atoms with Crippen molar-refractivity contribution in [3.05, 3.63) is 12.4 Å². The molecule has 2 aliphatic rings. The van der Waals surface area contributed by atoms with Crippen LogP contribution in [0.1, 0.15) is 0 Å². The number of carbonyl (C=O) groups is 1. The lowest BCUT2D eigenvalue weighted by molar-refractivity contribution is -0.0578. The first-order chi connectivity index (χ1) is 6.77. The van der Waals surface area contributed by atoms with E-state index in [0.29, 0.717) is 19.7 Å². The Morgan fingerprint density at radius 3 is 3.14 bits per heavy atom. The number of ether oxygens (including phenoxy) is 1. The first-order valence-corrected chi connectivity index (χ1v) is 4.62. The topological polar surface area (TPSA) is 70.8 Å². The van der Waals surface area contributed by atoms with Crippen molar-refractivity contribution in [2.24, 2.45) is 5.73 Å². The van der Waals surface area contributed by atoms with E-state index < -0.39 is 0 Å². The standard InChI is InChI=1S/C8H14N4O2/c9-7(13)11-3-4-12-2-1-10-8(12)14-6-5-11/h1-2,8,10H,3-6H2,(H2,9,13). The van der Waals surface area contributed by atoms with Crippen LogP contribution >= 0.6 is 0 Å². The van der Waals surface area contributed by atoms with Crippen molar-refractivity contribution in [1.82, 2.24) is 15.1 Å². The van der Waals surface area contributed by atoms with Gasteiger partial charge in [0.2, 0.25) is 6.35 Å². The molecule has 2 heterocycles. The number of carbonyl (C=O) groups excluding carboxylic acids is 1. The number of rotatable bonds is 0. The number of nitrogens with two attached hydrogens (primary N) is 1. The van der Waals surface area contributed by atoms with Crippen LogP contribution in [-0.2, 0) is 4.74 Å². The summed E-state index contributed by atoms with van der Waals surface area (Å²) in [7, 11) is 0. The summed E-state index contributed by atoms with van der Waals surface area (Å²) in [4.78, 5) is 14.5. The molecule has 0 aromatic heterocycles. The van der Waals surface area contributed by atoms with Gasteiger partial charge in [0.05, 0.1) is 6.61 Å². The van der Waals surface area contributed by atoms with E-state index in [-0.39, 0.29) is 12.4 Å². The second kappa shape index (κ2) is 3.75. The highest BCUT2D eigenvalue weighted by molar-refractivity contribution is 5.71. The van der Waals surface area contributed by atoms with Crippen LogP contribution in [0.2, 0.25) is 0 Å². The lowest BCUT2D eigenvalue weighted by atomic mass is 10.4. The van der Waals surface area contributed by atoms with E-state index in [0.717, 1.165) is 6.54 Å². The first-order valence-electron chi connectivity index (χ1n) is 4.62. The third kappa shape index (κ3) is 1.74. The highest BCUT2D eigenvalue weighted by Crippen LogP contribution is 2.08. The fraction of sp³-hybridized carbons (Fsp3) is 0.625. The van der Waals surface area contributed by atoms with Gasteiger partial charge in [-0.25, -0.2) is 4.79 Å². The number of amides is 2. The van der Waals surface area contributed by atoms with Crippen LogP contribution in [0.3, 0.4) is 0 Å². The Labute approximate surface area is 82.3 Å². The maximum atomic E-state index is 11.0. The van der Waals surface area contributed by atoms with Crippen LogP contribution in [0.15, 0.2) is 12.4 Å². The Morgan fingerprint density at radius 1 is 1.50 bits per heavy atom. The molecule has 1 saturated heterocycles. The summed E-state index contributed by atoms with van der Waals surface area (Å²) in [5.41, 5.74) is 5.20. The van der Waals surface area contributed by atoms with Crippen LogP contribution < -0.4 is 11.1 Å². The van der Waals surface area contributed by atoms with E-state index in [9.17, 15) is 4.79 Å². The molecule has 6 heteroatoms. The molecule has 1 fully saturated rings. The van der Waals surface area contributed by atoms with Gasteiger partial charge in [-0.05, 0) is 0 Å². The number of urea groups is 1. The van der Waals surface area contributed by atoms with Gasteiger partial charge in [0.1, 0.15) is 0 Å². The summed E-state index contributed by atoms with van der Waals surface area (Å²) in [5, 5.41) is 3.06. The number of hydrogen-bond donors (Lipinski definition) is 2. The largest absolute Gasteiger partial charge is 0.351 e. The number of nitrogens with one attached hydrogen (secondary N) is 1. The minimum Gasteiger partial charge on any atom is -0.351 e. The zero-order chi connectivity index (χ0) is 9.97. The second-order valence-corrected chi connectivity index (χ2v) is 3.27. The molecule has 14 heavy (non-hydrogen) atoms. The second-order valence-electron chi connectivity index (χ2n) is 3.27. The highest BCUT2D eigenvalue weighted by atomic mass is 16.5. The van der Waals surface area contributed by atoms with Crippen molar-refractivity contribution in [3.8, 4) is 0 Å². The maximum absolute atomic E-state index is 11.0. The molecule has 2 aliphatic heterocycles. The molecular formula is C8H14N4O2. The zero-order valence-corrected chi connectivity index (χ0v) is 7.85. The van der Waals surface area contributed by atoms with E-state index in [1.807, 2.05) is 17.3 Å². The zero-order valence-electron chi connectivity index (χ0n) is 7.85. The molecule has 0 radical (unpaired) electrons. The average molecular weight is 198 g/mol. The molecule has 0 aromatic rings. The minimum absolute atomic E-state index is 0.0787. The van der Waals surface area contributed by atoms with Crippen LogP contribution in [0, 0.1) is 0 Å². The molecule has 2 amide bonds. The predicted molar refractivity (Wildman–Crippen MR) is 49.9 cm³/mol. The molecule has 2 rings (SSSR count). The average Bonchev–Trinajstić information content (AvgIpc) is 2.51. The summed E-state index contributed by atoms with van der Waals surface area (Å²) in [6.45, 7) is 2.43. The van der Waals surface area contributed by atoms with Gasteiger partial charge in [0.25, 0.3) is 0 Å². The van der Waals surface area contributed by atoms with Crippen LogP contribution in [0.5, 0.6) is 0 Å². The summed E-state index contributed by atoms with van der Waals surface area (Å²) in [6, 6.07) is -0.386. The van der Waals surface area contributed by atoms with Crippen molar-refractivity contribution in [2.45, 2.75) is 6.35 Å². The Kier molecular flexibility index (Phi) is 2.45. The molecule has 0 saturated carbocycles. The summed E-state index contributed by atoms with van der Waals surface area (Å²) in [5.74, 6) is 0. The number of hydrogen-bond acceptors (Lipinski definition) is 4. The lowest BCUT2D eigenvalue weighted by Gasteiger charge is -2.32. The number of nitrogens with zero attached hydrogens (tertiary/aromatic N) is 2. The Balaban J connectivity index is 1.94. The summed E-state index contributed by atoms with van der Waals surface area (Å²) < 4.78 is 5.49. The SMILES string of the molecule is NC(=O)N1CCOC2NC=CN2CC1. The minimum atomic E-state index is -0.386. The van der Waals surface area contributed by atoms with Crippen LogP contribution in [-0.4, -0.2) is 48.4 Å². The summed E-state index contributed by atoms with van der Waals surface area (Å²) in [6.07, 6.45) is 3.67. The van der Waals surface area contributed by atoms with Gasteiger partial charge in [-0.1, -0.05) is 0 Å². The quantitative estimate of drug-likeness (QED) is 0.527. The molecule has 0 aromatic carbocycles. The van der Waals surface area contributed by atoms with Crippen LogP contribution in [0.25, 0.3) is 0 Å². The van der Waals surface area contributed by atoms with Gasteiger partial charge in [-0.2, -0.15) is 0 Å². The van der Waals surface area contributed by atoms with Gasteiger partial charge >= 0.3 is 6.03 Å². The van der Waals surface area contributed by atoms with Gasteiger partial charge in [-0.15, -0.1) is 0 Å². The van der Waals surface area contributed by atoms with E-state index in [2.05, 4.69) is 5.32 Å². The predicted octanol–water partition coefficient (Wildman–Crippen LogP) is -0.943. The first kappa shape index (κ1) is 9.14. The third-order valence-electron chi connectivity index (χ3n) is 2.38. The Bertz CT molecular complexity index is 254. The third-order valence-corrected chi connectivity index (χ3v) is 2.38. The van der Waals surface area contributed by atoms with E-state index >= 15 is 0 Å². The summed E-state index contributed by atoms with van der Waals surface area (Å²) >= 11 is 0. The molecule has 78 valence electrons. The number of fused-ring (bicyclic) bond motifs is 1. The van der Waals surface area contributed by atoms with Gasteiger partial charge in [0, 0.05) is 32.0 Å². The smallest absolute Gasteiger partial charge is 0.314 e. The lowest BCUT2D eigenvalue weighted by Crippen LogP contribution is -2.49. The Hall–Kier alpha value is -1.43. The molecule has 0 bridgehead atoms. The van der Waals surface area contributed by atoms with Gasteiger partial charge < -0.3 is 25.6 Å². The fourth-order valence-electron chi connectivity index (χ4n) is 1.57. The van der Waals surface area contributed by atoms with Crippen molar-refractivity contribution < 1.29 is 9.53 Å². The van der Waals surface area contributed by atoms with E-state index in [1.165, 1.54) is 0 Å². The number of primary amides is 1. The fourth-order valence-corrected chi connectivity index (χ4v) is 1.57. The van der Waals surface area contributed by atoms with Crippen molar-refractivity contribution >= 4 is 6.03 Å². The normalized spacial score (nSPS) is 26.4. The van der Waals surface area contributed by atoms with Crippen molar-refractivity contribution in [2.75, 3.05) is 26.2 Å². The highest BCUT2D eigenvalue weighted by Gasteiger charge is 2.23. The molecule has 1 unspecified atom stereocenters. The monoisotopic (exact) mass is 198 g/mol. The molecule has 6 nitrogen and oxygen atoms in total. The van der Waals surface area contributed by atoms with Gasteiger partial charge in [-0.3, -0.25) is 0 Å². The van der Waals surface area contributed by atoms with E-state index in [4.69, 9.17) is 10.5 Å². The van der Waals surface area contributed by atoms with E-state index in [1.54, 1.807) is 4.90 Å². The maximum Gasteiger partial charge on any atom is 0.314 e. The van der Waals surface area contributed by atoms with Gasteiger partial charge in [0.15, 0.2) is 0 Å². The molecule has 3 N–H and O–H groups in total. The molecule has 1 atom stereocenters. The molecular weight excluding hydrogens is 184 g/mol.